The normalized spacial score (nSPS) is 19.8. The van der Waals surface area contributed by atoms with E-state index >= 15 is 0 Å². The summed E-state index contributed by atoms with van der Waals surface area (Å²) in [6, 6.07) is 8.77. The fraction of sp³-hybridized carbons (Fsp3) is 0.429. The standard InChI is InChI=1S/C42H49N9O5/c1-7-35(52)45-31-21-27(8-9-30(31)36-40(54)47(5)14-15-49(36)28-11-18-56-19-12-28)44-37-41(55)48(6)24-32(46-37)29-10-13-43-38(25(29)2)51-17-16-50-33(39(51)53)20-26-22-42(3,4)23-34(26)50/h7-10,13,20-21,24,28,36H,1,11-12,14-19,22-23H2,2-6H3,(H,44,46)(H,45,52). The first-order valence-electron chi connectivity index (χ1n) is 19.3. The molecule has 14 heteroatoms. The predicted octanol–water partition coefficient (Wildman–Crippen LogP) is 4.60. The molecular formula is C42H49N9O5. The smallest absolute Gasteiger partial charge is 0.293 e. The lowest BCUT2D eigenvalue weighted by molar-refractivity contribution is -0.143. The van der Waals surface area contributed by atoms with Crippen LogP contribution >= 0.6 is 0 Å². The van der Waals surface area contributed by atoms with Crippen LogP contribution in [-0.4, -0.2) is 92.6 Å². The molecular weight excluding hydrogens is 711 g/mol. The molecule has 8 rings (SSSR count). The molecule has 0 radical (unpaired) electrons. The Kier molecular flexibility index (Phi) is 9.65. The van der Waals surface area contributed by atoms with Gasteiger partial charge in [-0.15, -0.1) is 0 Å². The molecule has 3 amide bonds. The maximum atomic E-state index is 13.9. The van der Waals surface area contributed by atoms with Gasteiger partial charge in [-0.05, 0) is 73.9 Å². The highest BCUT2D eigenvalue weighted by molar-refractivity contribution is 6.06. The zero-order chi connectivity index (χ0) is 39.5. The molecule has 6 heterocycles. The minimum absolute atomic E-state index is 0.0548. The van der Waals surface area contributed by atoms with Crippen LogP contribution in [0.15, 0.2) is 60.2 Å². The van der Waals surface area contributed by atoms with E-state index in [1.165, 1.54) is 21.9 Å². The van der Waals surface area contributed by atoms with Crippen molar-refractivity contribution in [1.82, 2.24) is 28.9 Å². The molecule has 4 aliphatic rings. The predicted molar refractivity (Wildman–Crippen MR) is 214 cm³/mol. The molecule has 0 bridgehead atoms. The number of likely N-dealkylation sites (N-methyl/N-ethyl adjacent to an activating group) is 1. The van der Waals surface area contributed by atoms with Gasteiger partial charge in [-0.2, -0.15) is 0 Å². The molecule has 1 aliphatic carbocycles. The van der Waals surface area contributed by atoms with Crippen LogP contribution in [0, 0.1) is 12.3 Å². The first kappa shape index (κ1) is 37.3. The van der Waals surface area contributed by atoms with Crippen molar-refractivity contribution < 1.29 is 19.1 Å². The van der Waals surface area contributed by atoms with Crippen molar-refractivity contribution in [1.29, 1.82) is 0 Å². The molecule has 1 atom stereocenters. The minimum Gasteiger partial charge on any atom is -0.381 e. The average molecular weight is 760 g/mol. The number of pyridine rings is 1. The number of aryl methyl sites for hydroxylation is 1. The second-order valence-electron chi connectivity index (χ2n) is 16.2. The summed E-state index contributed by atoms with van der Waals surface area (Å²) in [6.45, 7) is 13.8. The van der Waals surface area contributed by atoms with Crippen LogP contribution in [0.2, 0.25) is 0 Å². The van der Waals surface area contributed by atoms with Crippen molar-refractivity contribution in [2.75, 3.05) is 55.4 Å². The third kappa shape index (κ3) is 6.70. The quantitative estimate of drug-likeness (QED) is 0.246. The van der Waals surface area contributed by atoms with Gasteiger partial charge in [0.15, 0.2) is 5.82 Å². The molecule has 0 saturated carbocycles. The summed E-state index contributed by atoms with van der Waals surface area (Å²) >= 11 is 0. The highest BCUT2D eigenvalue weighted by Gasteiger charge is 2.40. The van der Waals surface area contributed by atoms with Crippen molar-refractivity contribution in [3.63, 3.8) is 0 Å². The van der Waals surface area contributed by atoms with Crippen molar-refractivity contribution in [2.24, 2.45) is 12.5 Å². The summed E-state index contributed by atoms with van der Waals surface area (Å²) in [5.74, 6) is 0.0683. The van der Waals surface area contributed by atoms with Gasteiger partial charge < -0.3 is 29.4 Å². The lowest BCUT2D eigenvalue weighted by Gasteiger charge is -2.45. The molecule has 0 spiro atoms. The topological polar surface area (TPSA) is 147 Å². The summed E-state index contributed by atoms with van der Waals surface area (Å²) in [6.07, 6.45) is 8.06. The second kappa shape index (κ2) is 14.5. The summed E-state index contributed by atoms with van der Waals surface area (Å²) < 4.78 is 9.26. The maximum absolute atomic E-state index is 13.9. The Morgan fingerprint density at radius 2 is 1.80 bits per heavy atom. The molecule has 1 unspecified atom stereocenters. The van der Waals surface area contributed by atoms with Gasteiger partial charge in [-0.1, -0.05) is 26.5 Å². The number of aromatic nitrogens is 4. The fourth-order valence-electron chi connectivity index (χ4n) is 8.88. The number of nitrogens with one attached hydrogen (secondary N) is 2. The summed E-state index contributed by atoms with van der Waals surface area (Å²) in [5.41, 5.74) is 6.64. The van der Waals surface area contributed by atoms with Crippen LogP contribution in [0.4, 0.5) is 23.0 Å². The van der Waals surface area contributed by atoms with Crippen molar-refractivity contribution in [3.05, 3.63) is 93.8 Å². The van der Waals surface area contributed by atoms with Gasteiger partial charge in [0.05, 0.1) is 5.69 Å². The Labute approximate surface area is 326 Å². The van der Waals surface area contributed by atoms with E-state index in [2.05, 4.69) is 51.6 Å². The average Bonchev–Trinajstić information content (AvgIpc) is 3.67. The number of amides is 3. The van der Waals surface area contributed by atoms with Crippen LogP contribution in [0.5, 0.6) is 0 Å². The Morgan fingerprint density at radius 1 is 1.02 bits per heavy atom. The molecule has 3 aliphatic heterocycles. The monoisotopic (exact) mass is 759 g/mol. The van der Waals surface area contributed by atoms with Gasteiger partial charge >= 0.3 is 0 Å². The minimum atomic E-state index is -0.617. The lowest BCUT2D eigenvalue weighted by atomic mass is 9.90. The van der Waals surface area contributed by atoms with Crippen molar-refractivity contribution in [2.45, 2.75) is 65.1 Å². The summed E-state index contributed by atoms with van der Waals surface area (Å²) in [5, 5.41) is 6.10. The van der Waals surface area contributed by atoms with E-state index in [9.17, 15) is 19.2 Å². The molecule has 14 nitrogen and oxygen atoms in total. The molecule has 4 aromatic rings. The van der Waals surface area contributed by atoms with Crippen LogP contribution in [0.3, 0.4) is 0 Å². The van der Waals surface area contributed by atoms with E-state index in [4.69, 9.17) is 9.72 Å². The number of rotatable bonds is 8. The number of piperazine rings is 1. The number of hydrogen-bond donors (Lipinski definition) is 2. The third-order valence-corrected chi connectivity index (χ3v) is 11.8. The van der Waals surface area contributed by atoms with Gasteiger partial charge in [-0.3, -0.25) is 29.0 Å². The number of carbonyl (C=O) groups is 3. The fourth-order valence-corrected chi connectivity index (χ4v) is 8.88. The SMILES string of the molecule is C=CC(=O)Nc1cc(Nc2nc(-c3ccnc(N4CCn5c(cc6c5CC(C)(C)C6)C4=O)c3C)cn(C)c2=O)ccc1C1C(=O)N(C)CCN1C1CCOCC1. The molecule has 2 saturated heterocycles. The van der Waals surface area contributed by atoms with Crippen LogP contribution in [0.25, 0.3) is 11.3 Å². The van der Waals surface area contributed by atoms with Crippen LogP contribution in [0.1, 0.15) is 65.6 Å². The molecule has 56 heavy (non-hydrogen) atoms. The number of ether oxygens (including phenoxy) is 1. The molecule has 292 valence electrons. The number of hydrogen-bond acceptors (Lipinski definition) is 9. The molecule has 2 N–H and O–H groups in total. The van der Waals surface area contributed by atoms with Crippen molar-refractivity contribution in [3.8, 4) is 11.3 Å². The van der Waals surface area contributed by atoms with Gasteiger partial charge in [0.2, 0.25) is 11.8 Å². The summed E-state index contributed by atoms with van der Waals surface area (Å²) in [4.78, 5) is 69.2. The van der Waals surface area contributed by atoms with E-state index in [0.29, 0.717) is 73.5 Å². The molecule has 1 aromatic carbocycles. The second-order valence-corrected chi connectivity index (χ2v) is 16.2. The number of fused-ring (bicyclic) bond motifs is 3. The van der Waals surface area contributed by atoms with E-state index < -0.39 is 11.9 Å². The number of carbonyl (C=O) groups excluding carboxylic acids is 3. The highest BCUT2D eigenvalue weighted by Crippen LogP contribution is 2.41. The van der Waals surface area contributed by atoms with E-state index in [1.807, 2.05) is 19.1 Å². The van der Waals surface area contributed by atoms with Gasteiger partial charge in [0.25, 0.3) is 11.5 Å². The zero-order valence-corrected chi connectivity index (χ0v) is 32.7. The van der Waals surface area contributed by atoms with E-state index in [-0.39, 0.29) is 34.6 Å². The van der Waals surface area contributed by atoms with Gasteiger partial charge in [-0.25, -0.2) is 9.97 Å². The largest absolute Gasteiger partial charge is 0.381 e. The third-order valence-electron chi connectivity index (χ3n) is 11.8. The number of nitrogens with zero attached hydrogens (tertiary/aromatic N) is 7. The van der Waals surface area contributed by atoms with Gasteiger partial charge in [0.1, 0.15) is 17.6 Å². The maximum Gasteiger partial charge on any atom is 0.293 e. The van der Waals surface area contributed by atoms with Crippen LogP contribution < -0.4 is 21.1 Å². The summed E-state index contributed by atoms with van der Waals surface area (Å²) in [7, 11) is 3.46. The van der Waals surface area contributed by atoms with E-state index in [0.717, 1.165) is 36.8 Å². The highest BCUT2D eigenvalue weighted by atomic mass is 16.5. The Bertz CT molecular complexity index is 2320. The Morgan fingerprint density at radius 3 is 2.57 bits per heavy atom. The first-order valence-corrected chi connectivity index (χ1v) is 19.3. The first-order chi connectivity index (χ1) is 26.8. The van der Waals surface area contributed by atoms with Crippen molar-refractivity contribution >= 4 is 40.7 Å². The Hall–Kier alpha value is -5.60. The van der Waals surface area contributed by atoms with Gasteiger partial charge in [0, 0.05) is 106 Å². The zero-order valence-electron chi connectivity index (χ0n) is 32.7. The molecule has 3 aromatic heterocycles. The molecule has 2 fully saturated rings. The van der Waals surface area contributed by atoms with Crippen LogP contribution in [-0.2, 0) is 40.8 Å². The number of anilines is 4. The van der Waals surface area contributed by atoms with E-state index in [1.54, 1.807) is 48.4 Å². The lowest BCUT2D eigenvalue weighted by Crippen LogP contribution is -2.55. The Balaban J connectivity index is 1.11. The number of benzene rings is 1.